The number of rotatable bonds is 2. The Hall–Kier alpha value is -0.860. The molecule has 1 heterocycles. The first-order chi connectivity index (χ1) is 7.69. The van der Waals surface area contributed by atoms with E-state index in [1.807, 2.05) is 7.11 Å². The fourth-order valence-corrected chi connectivity index (χ4v) is 3.42. The molecule has 1 saturated heterocycles. The maximum Gasteiger partial charge on any atom is 0.0577 e. The Morgan fingerprint density at radius 1 is 1.38 bits per heavy atom. The number of ether oxygens (including phenoxy) is 1. The average Bonchev–Trinajstić information content (AvgIpc) is 2.62. The van der Waals surface area contributed by atoms with Gasteiger partial charge in [0.05, 0.1) is 6.61 Å². The Bertz CT molecular complexity index is 441. The molecular formula is C14H19NO. The first-order valence-electron chi connectivity index (χ1n) is 6.00. The van der Waals surface area contributed by atoms with Gasteiger partial charge in [-0.05, 0) is 36.1 Å². The molecule has 0 aromatic heterocycles. The Balaban J connectivity index is 2.10. The lowest BCUT2D eigenvalue weighted by Crippen LogP contribution is -2.47. The lowest BCUT2D eigenvalue weighted by molar-refractivity contribution is 0.115. The van der Waals surface area contributed by atoms with Crippen LogP contribution in [0, 0.1) is 13.8 Å². The van der Waals surface area contributed by atoms with Crippen LogP contribution >= 0.6 is 0 Å². The molecule has 1 fully saturated rings. The first-order valence-corrected chi connectivity index (χ1v) is 6.00. The van der Waals surface area contributed by atoms with Crippen LogP contribution < -0.4 is 5.32 Å². The summed E-state index contributed by atoms with van der Waals surface area (Å²) in [5.41, 5.74) is 6.15. The van der Waals surface area contributed by atoms with Gasteiger partial charge in [-0.25, -0.2) is 0 Å². The second-order valence-electron chi connectivity index (χ2n) is 5.30. The highest BCUT2D eigenvalue weighted by molar-refractivity contribution is 5.56. The van der Waals surface area contributed by atoms with Gasteiger partial charge in [0.2, 0.25) is 0 Å². The summed E-state index contributed by atoms with van der Waals surface area (Å²) in [6.45, 7) is 7.43. The molecule has 86 valence electrons. The molecule has 2 aliphatic rings. The zero-order chi connectivity index (χ0) is 11.3. The van der Waals surface area contributed by atoms with Crippen LogP contribution in [0.2, 0.25) is 0 Å². The highest BCUT2D eigenvalue weighted by Crippen LogP contribution is 2.54. The molecule has 1 aliphatic heterocycles. The Labute approximate surface area is 97.0 Å². The van der Waals surface area contributed by atoms with Crippen LogP contribution in [0.4, 0.5) is 0 Å². The van der Waals surface area contributed by atoms with Crippen molar-refractivity contribution in [3.8, 4) is 0 Å². The molecule has 0 radical (unpaired) electrons. The van der Waals surface area contributed by atoms with Crippen molar-refractivity contribution < 1.29 is 4.74 Å². The van der Waals surface area contributed by atoms with Gasteiger partial charge in [-0.1, -0.05) is 12.1 Å². The predicted molar refractivity (Wildman–Crippen MR) is 65.1 cm³/mol. The van der Waals surface area contributed by atoms with Gasteiger partial charge in [-0.3, -0.25) is 0 Å². The van der Waals surface area contributed by atoms with Gasteiger partial charge in [-0.2, -0.15) is 0 Å². The Morgan fingerprint density at radius 3 is 2.88 bits per heavy atom. The quantitative estimate of drug-likeness (QED) is 0.817. The van der Waals surface area contributed by atoms with E-state index in [1.54, 1.807) is 5.56 Å². The molecule has 0 amide bonds. The lowest BCUT2D eigenvalue weighted by Gasteiger charge is -2.46. The normalized spacial score (nSPS) is 30.8. The predicted octanol–water partition coefficient (Wildman–Crippen LogP) is 1.89. The van der Waals surface area contributed by atoms with E-state index < -0.39 is 0 Å². The molecule has 1 aliphatic carbocycles. The van der Waals surface area contributed by atoms with Gasteiger partial charge in [0, 0.05) is 31.5 Å². The third-order valence-electron chi connectivity index (χ3n) is 4.44. The van der Waals surface area contributed by atoms with Crippen molar-refractivity contribution in [1.29, 1.82) is 0 Å². The Kier molecular flexibility index (Phi) is 2.13. The summed E-state index contributed by atoms with van der Waals surface area (Å²) in [6, 6.07) is 4.74. The van der Waals surface area contributed by atoms with E-state index in [2.05, 4.69) is 31.3 Å². The van der Waals surface area contributed by atoms with E-state index in [0.717, 1.165) is 19.7 Å². The van der Waals surface area contributed by atoms with Crippen molar-refractivity contribution in [1.82, 2.24) is 5.32 Å². The van der Waals surface area contributed by atoms with Crippen LogP contribution in [0.25, 0.3) is 0 Å². The second-order valence-corrected chi connectivity index (χ2v) is 5.30. The molecule has 0 saturated carbocycles. The fourth-order valence-electron chi connectivity index (χ4n) is 3.42. The molecule has 3 rings (SSSR count). The summed E-state index contributed by atoms with van der Waals surface area (Å²) in [5, 5.41) is 3.52. The topological polar surface area (TPSA) is 21.3 Å². The summed E-state index contributed by atoms with van der Waals surface area (Å²) in [6.07, 6.45) is 0. The zero-order valence-electron chi connectivity index (χ0n) is 10.3. The van der Waals surface area contributed by atoms with E-state index in [9.17, 15) is 0 Å². The highest BCUT2D eigenvalue weighted by atomic mass is 16.5. The minimum Gasteiger partial charge on any atom is -0.384 e. The van der Waals surface area contributed by atoms with Crippen molar-refractivity contribution in [2.45, 2.75) is 25.2 Å². The minimum absolute atomic E-state index is 0.266. The second kappa shape index (κ2) is 3.31. The molecule has 2 atom stereocenters. The number of fused-ring (bicyclic) bond motifs is 4. The number of benzene rings is 1. The number of hydrogen-bond acceptors (Lipinski definition) is 2. The van der Waals surface area contributed by atoms with Crippen LogP contribution in [0.3, 0.4) is 0 Å². The number of hydrogen-bond donors (Lipinski definition) is 1. The van der Waals surface area contributed by atoms with Gasteiger partial charge in [0.25, 0.3) is 0 Å². The third kappa shape index (κ3) is 1.09. The van der Waals surface area contributed by atoms with E-state index in [4.69, 9.17) is 4.74 Å². The van der Waals surface area contributed by atoms with Crippen LogP contribution in [-0.2, 0) is 10.2 Å². The molecule has 2 nitrogen and oxygen atoms in total. The van der Waals surface area contributed by atoms with Gasteiger partial charge in [-0.15, -0.1) is 0 Å². The highest BCUT2D eigenvalue weighted by Gasteiger charge is 2.54. The van der Waals surface area contributed by atoms with Gasteiger partial charge in [0.15, 0.2) is 0 Å². The van der Waals surface area contributed by atoms with Gasteiger partial charge >= 0.3 is 0 Å². The van der Waals surface area contributed by atoms with E-state index >= 15 is 0 Å². The van der Waals surface area contributed by atoms with Crippen molar-refractivity contribution in [3.05, 3.63) is 34.4 Å². The maximum atomic E-state index is 5.44. The van der Waals surface area contributed by atoms with Crippen molar-refractivity contribution in [2.24, 2.45) is 0 Å². The van der Waals surface area contributed by atoms with Gasteiger partial charge in [0.1, 0.15) is 0 Å². The fraction of sp³-hybridized carbons (Fsp3) is 0.571. The van der Waals surface area contributed by atoms with Crippen LogP contribution in [-0.4, -0.2) is 26.8 Å². The van der Waals surface area contributed by atoms with Gasteiger partial charge < -0.3 is 10.1 Å². The molecule has 2 unspecified atom stereocenters. The molecule has 0 bridgehead atoms. The molecule has 0 spiro atoms. The number of nitrogens with one attached hydrogen (secondary N) is 1. The van der Waals surface area contributed by atoms with Crippen molar-refractivity contribution in [2.75, 3.05) is 26.8 Å². The van der Waals surface area contributed by atoms with Crippen LogP contribution in [0.5, 0.6) is 0 Å². The smallest absolute Gasteiger partial charge is 0.0577 e. The molecule has 1 aromatic rings. The van der Waals surface area contributed by atoms with E-state index in [0.29, 0.717) is 5.92 Å². The standard InChI is InChI=1S/C14H19NO/c1-9-4-11-12(5-10(9)2)14(8-16-3)7-15-6-13(11)14/h4-5,13,15H,6-8H2,1-3H3. The molecular weight excluding hydrogens is 198 g/mol. The summed E-state index contributed by atoms with van der Waals surface area (Å²) >= 11 is 0. The third-order valence-corrected chi connectivity index (χ3v) is 4.44. The monoisotopic (exact) mass is 217 g/mol. The van der Waals surface area contributed by atoms with Crippen molar-refractivity contribution in [3.63, 3.8) is 0 Å². The molecule has 16 heavy (non-hydrogen) atoms. The lowest BCUT2D eigenvalue weighted by atomic mass is 9.57. The molecule has 1 N–H and O–H groups in total. The Morgan fingerprint density at radius 2 is 2.12 bits per heavy atom. The largest absolute Gasteiger partial charge is 0.384 e. The molecule has 1 aromatic carbocycles. The average molecular weight is 217 g/mol. The van der Waals surface area contributed by atoms with E-state index in [-0.39, 0.29) is 5.41 Å². The summed E-state index contributed by atoms with van der Waals surface area (Å²) in [5.74, 6) is 0.668. The van der Waals surface area contributed by atoms with E-state index in [1.165, 1.54) is 16.7 Å². The van der Waals surface area contributed by atoms with Crippen molar-refractivity contribution >= 4 is 0 Å². The number of aryl methyl sites for hydroxylation is 2. The summed E-state index contributed by atoms with van der Waals surface area (Å²) in [4.78, 5) is 0. The maximum absolute atomic E-state index is 5.44. The molecule has 2 heteroatoms. The number of methoxy groups -OCH3 is 1. The minimum atomic E-state index is 0.266. The zero-order valence-corrected chi connectivity index (χ0v) is 10.3. The summed E-state index contributed by atoms with van der Waals surface area (Å²) < 4.78 is 5.44. The van der Waals surface area contributed by atoms with Crippen LogP contribution in [0.15, 0.2) is 12.1 Å². The first kappa shape index (κ1) is 10.3. The SMILES string of the molecule is COCC12CNCC1c1cc(C)c(C)cc12. The summed E-state index contributed by atoms with van der Waals surface area (Å²) in [7, 11) is 1.81. The van der Waals surface area contributed by atoms with Crippen LogP contribution in [0.1, 0.15) is 28.2 Å².